The number of imidazole rings is 1. The Morgan fingerprint density at radius 1 is 1.26 bits per heavy atom. The van der Waals surface area contributed by atoms with Gasteiger partial charge in [-0.05, 0) is 45.8 Å². The third kappa shape index (κ3) is 2.27. The number of nitrogens with zero attached hydrogens (tertiary/aromatic N) is 1. The summed E-state index contributed by atoms with van der Waals surface area (Å²) >= 11 is 9.71. The van der Waals surface area contributed by atoms with E-state index >= 15 is 0 Å². The van der Waals surface area contributed by atoms with E-state index in [4.69, 9.17) is 17.3 Å². The van der Waals surface area contributed by atoms with Gasteiger partial charge in [-0.3, -0.25) is 0 Å². The Labute approximate surface area is 123 Å². The van der Waals surface area contributed by atoms with Crippen molar-refractivity contribution >= 4 is 38.6 Å². The summed E-state index contributed by atoms with van der Waals surface area (Å²) in [7, 11) is 0. The van der Waals surface area contributed by atoms with Crippen molar-refractivity contribution in [2.45, 2.75) is 6.54 Å². The predicted octanol–water partition coefficient (Wildman–Crippen LogP) is 4.10. The highest BCUT2D eigenvalue weighted by Gasteiger charge is 2.10. The van der Waals surface area contributed by atoms with Gasteiger partial charge in [-0.2, -0.15) is 0 Å². The maximum absolute atomic E-state index is 6.29. The van der Waals surface area contributed by atoms with E-state index in [-0.39, 0.29) is 0 Å². The Balaban J connectivity index is 2.18. The molecule has 3 aromatic rings. The van der Waals surface area contributed by atoms with Gasteiger partial charge in [-0.15, -0.1) is 0 Å². The number of benzene rings is 2. The first-order valence-electron chi connectivity index (χ1n) is 5.82. The fraction of sp³-hybridized carbons (Fsp3) is 0.0714. The highest BCUT2D eigenvalue weighted by molar-refractivity contribution is 9.10. The summed E-state index contributed by atoms with van der Waals surface area (Å²) in [5.41, 5.74) is 9.46. The zero-order valence-corrected chi connectivity index (χ0v) is 12.3. The van der Waals surface area contributed by atoms with Crippen molar-refractivity contribution in [3.8, 4) is 11.4 Å². The molecule has 0 unspecified atom stereocenters. The number of aromatic amines is 1. The number of fused-ring (bicyclic) bond motifs is 1. The first kappa shape index (κ1) is 12.7. The second kappa shape index (κ2) is 4.96. The maximum Gasteiger partial charge on any atom is 0.140 e. The standard InChI is InChI=1S/C14H11BrClN3/c15-10-3-1-2-9(13(10)16)14-18-11-5-4-8(7-17)6-12(11)19-14/h1-6H,7,17H2,(H,18,19). The molecule has 0 fully saturated rings. The Kier molecular flexibility index (Phi) is 3.31. The Morgan fingerprint density at radius 2 is 2.11 bits per heavy atom. The van der Waals surface area contributed by atoms with Crippen molar-refractivity contribution in [2.75, 3.05) is 0 Å². The van der Waals surface area contributed by atoms with E-state index in [1.54, 1.807) is 0 Å². The van der Waals surface area contributed by atoms with E-state index in [0.717, 1.165) is 32.5 Å². The molecule has 0 amide bonds. The molecular weight excluding hydrogens is 326 g/mol. The van der Waals surface area contributed by atoms with Crippen molar-refractivity contribution < 1.29 is 0 Å². The van der Waals surface area contributed by atoms with Gasteiger partial charge in [0.2, 0.25) is 0 Å². The van der Waals surface area contributed by atoms with Crippen LogP contribution in [-0.2, 0) is 6.54 Å². The molecule has 0 atom stereocenters. The minimum atomic E-state index is 0.516. The molecule has 0 radical (unpaired) electrons. The molecule has 5 heteroatoms. The fourth-order valence-corrected chi connectivity index (χ4v) is 2.58. The number of hydrogen-bond acceptors (Lipinski definition) is 2. The van der Waals surface area contributed by atoms with Crippen LogP contribution in [0.5, 0.6) is 0 Å². The third-order valence-corrected chi connectivity index (χ3v) is 4.29. The number of aromatic nitrogens is 2. The third-order valence-electron chi connectivity index (χ3n) is 2.99. The topological polar surface area (TPSA) is 54.7 Å². The molecule has 2 aromatic carbocycles. The predicted molar refractivity (Wildman–Crippen MR) is 82.1 cm³/mol. The molecule has 3 N–H and O–H groups in total. The summed E-state index contributed by atoms with van der Waals surface area (Å²) in [5, 5.41) is 0.653. The monoisotopic (exact) mass is 335 g/mol. The Bertz CT molecular complexity index is 752. The summed E-state index contributed by atoms with van der Waals surface area (Å²) in [6.07, 6.45) is 0. The van der Waals surface area contributed by atoms with Crippen molar-refractivity contribution in [1.82, 2.24) is 9.97 Å². The fourth-order valence-electron chi connectivity index (χ4n) is 2.00. The minimum absolute atomic E-state index is 0.516. The minimum Gasteiger partial charge on any atom is -0.338 e. The van der Waals surface area contributed by atoms with Crippen LogP contribution in [-0.4, -0.2) is 9.97 Å². The lowest BCUT2D eigenvalue weighted by molar-refractivity contribution is 1.07. The number of hydrogen-bond donors (Lipinski definition) is 2. The Morgan fingerprint density at radius 3 is 2.89 bits per heavy atom. The summed E-state index contributed by atoms with van der Waals surface area (Å²) in [5.74, 6) is 0.760. The molecule has 19 heavy (non-hydrogen) atoms. The van der Waals surface area contributed by atoms with Crippen molar-refractivity contribution in [3.05, 3.63) is 51.5 Å². The average molecular weight is 337 g/mol. The summed E-state index contributed by atoms with van der Waals surface area (Å²) in [6, 6.07) is 11.7. The second-order valence-electron chi connectivity index (χ2n) is 4.24. The van der Waals surface area contributed by atoms with Crippen LogP contribution >= 0.6 is 27.5 Å². The molecule has 3 nitrogen and oxygen atoms in total. The summed E-state index contributed by atoms with van der Waals surface area (Å²) in [4.78, 5) is 7.84. The largest absolute Gasteiger partial charge is 0.338 e. The van der Waals surface area contributed by atoms with Crippen molar-refractivity contribution in [1.29, 1.82) is 0 Å². The number of H-pyrrole nitrogens is 1. The molecule has 3 rings (SSSR count). The zero-order chi connectivity index (χ0) is 13.4. The first-order valence-corrected chi connectivity index (χ1v) is 6.99. The lowest BCUT2D eigenvalue weighted by atomic mass is 10.2. The van der Waals surface area contributed by atoms with Gasteiger partial charge >= 0.3 is 0 Å². The van der Waals surface area contributed by atoms with Gasteiger partial charge in [0.15, 0.2) is 0 Å². The molecule has 0 bridgehead atoms. The zero-order valence-electron chi connectivity index (χ0n) is 9.95. The van der Waals surface area contributed by atoms with Crippen LogP contribution < -0.4 is 5.73 Å². The Hall–Kier alpha value is -1.36. The van der Waals surface area contributed by atoms with E-state index in [2.05, 4.69) is 25.9 Å². The van der Waals surface area contributed by atoms with Gasteiger partial charge in [-0.25, -0.2) is 4.98 Å². The normalized spacial score (nSPS) is 11.1. The van der Waals surface area contributed by atoms with Crippen LogP contribution in [0.25, 0.3) is 22.4 Å². The van der Waals surface area contributed by atoms with E-state index in [9.17, 15) is 0 Å². The first-order chi connectivity index (χ1) is 9.19. The SMILES string of the molecule is NCc1ccc2nc(-c3cccc(Br)c3Cl)[nH]c2c1. The highest BCUT2D eigenvalue weighted by atomic mass is 79.9. The lowest BCUT2D eigenvalue weighted by Crippen LogP contribution is -1.95. The van der Waals surface area contributed by atoms with E-state index in [0.29, 0.717) is 11.6 Å². The molecule has 0 aliphatic carbocycles. The number of nitrogens with two attached hydrogens (primary N) is 1. The van der Waals surface area contributed by atoms with E-state index in [1.165, 1.54) is 0 Å². The second-order valence-corrected chi connectivity index (χ2v) is 5.47. The quantitative estimate of drug-likeness (QED) is 0.740. The molecule has 0 saturated carbocycles. The summed E-state index contributed by atoms with van der Waals surface area (Å²) in [6.45, 7) is 0.516. The number of halogens is 2. The lowest BCUT2D eigenvalue weighted by Gasteiger charge is -2.01. The van der Waals surface area contributed by atoms with Crippen LogP contribution in [0.3, 0.4) is 0 Å². The maximum atomic E-state index is 6.29. The molecular formula is C14H11BrClN3. The summed E-state index contributed by atoms with van der Waals surface area (Å²) < 4.78 is 0.856. The van der Waals surface area contributed by atoms with E-state index < -0.39 is 0 Å². The van der Waals surface area contributed by atoms with Gasteiger partial charge in [0, 0.05) is 16.6 Å². The number of nitrogens with one attached hydrogen (secondary N) is 1. The molecule has 0 saturated heterocycles. The van der Waals surface area contributed by atoms with Crippen LogP contribution in [0.2, 0.25) is 5.02 Å². The van der Waals surface area contributed by atoms with Gasteiger partial charge in [0.25, 0.3) is 0 Å². The van der Waals surface area contributed by atoms with Crippen molar-refractivity contribution in [3.63, 3.8) is 0 Å². The molecule has 1 aromatic heterocycles. The van der Waals surface area contributed by atoms with Gasteiger partial charge in [-0.1, -0.05) is 23.7 Å². The molecule has 0 aliphatic rings. The molecule has 1 heterocycles. The average Bonchev–Trinajstić information content (AvgIpc) is 2.84. The van der Waals surface area contributed by atoms with Gasteiger partial charge in [0.05, 0.1) is 16.1 Å². The molecule has 96 valence electrons. The highest BCUT2D eigenvalue weighted by Crippen LogP contribution is 2.33. The van der Waals surface area contributed by atoms with E-state index in [1.807, 2.05) is 36.4 Å². The van der Waals surface area contributed by atoms with Crippen LogP contribution in [0.15, 0.2) is 40.9 Å². The van der Waals surface area contributed by atoms with Crippen LogP contribution in [0.1, 0.15) is 5.56 Å². The van der Waals surface area contributed by atoms with Crippen LogP contribution in [0, 0.1) is 0 Å². The number of rotatable bonds is 2. The van der Waals surface area contributed by atoms with Gasteiger partial charge in [0.1, 0.15) is 5.82 Å². The smallest absolute Gasteiger partial charge is 0.140 e. The molecule has 0 aliphatic heterocycles. The van der Waals surface area contributed by atoms with Gasteiger partial charge < -0.3 is 10.7 Å². The van der Waals surface area contributed by atoms with Crippen molar-refractivity contribution in [2.24, 2.45) is 5.73 Å². The molecule has 0 spiro atoms. The van der Waals surface area contributed by atoms with Crippen LogP contribution in [0.4, 0.5) is 0 Å².